The molecule has 1 atom stereocenters. The summed E-state index contributed by atoms with van der Waals surface area (Å²) in [6, 6.07) is 13.0. The number of phenols is 1. The van der Waals surface area contributed by atoms with E-state index in [1.54, 1.807) is 42.5 Å². The molecule has 1 aliphatic heterocycles. The number of Topliss-reactive ketones (excluding diaryl/α,β-unsaturated/α-hetero) is 1. The van der Waals surface area contributed by atoms with Crippen LogP contribution in [-0.4, -0.2) is 20.9 Å². The summed E-state index contributed by atoms with van der Waals surface area (Å²) in [7, 11) is 0. The van der Waals surface area contributed by atoms with Gasteiger partial charge in [-0.3, -0.25) is 9.59 Å². The molecule has 1 aliphatic carbocycles. The number of carbonyl (C=O) groups excluding carboxylic acids is 1. The first-order chi connectivity index (χ1) is 15.5. The third-order valence-electron chi connectivity index (χ3n) is 5.78. The van der Waals surface area contributed by atoms with Gasteiger partial charge in [-0.1, -0.05) is 42.1 Å². The number of allylic oxidation sites excluding steroid dienone is 2. The standard InChI is InChI=1S/C24H20FN3O3S/c25-16-5-2-1-4-14(16)12-32-24-27-22-21(23(31)28-24)19(13-8-10-15(29)11-9-13)20-17(26-22)6-3-7-18(20)30/h1-2,4-5,8-11,19,29H,3,6-7,12H2,(H2,26,27,28,31)/t19-/m1/s1. The third kappa shape index (κ3) is 3.71. The molecule has 0 saturated heterocycles. The van der Waals surface area contributed by atoms with E-state index in [1.165, 1.54) is 17.8 Å². The highest BCUT2D eigenvalue weighted by molar-refractivity contribution is 7.98. The van der Waals surface area contributed by atoms with Gasteiger partial charge < -0.3 is 15.4 Å². The molecule has 0 fully saturated rings. The van der Waals surface area contributed by atoms with E-state index in [0.717, 1.165) is 17.7 Å². The number of thioether (sulfide) groups is 1. The number of ketones is 1. The van der Waals surface area contributed by atoms with E-state index in [9.17, 15) is 19.1 Å². The van der Waals surface area contributed by atoms with Crippen LogP contribution in [0.1, 0.15) is 41.9 Å². The van der Waals surface area contributed by atoms with Gasteiger partial charge in [-0.15, -0.1) is 0 Å². The van der Waals surface area contributed by atoms with E-state index in [2.05, 4.69) is 15.3 Å². The van der Waals surface area contributed by atoms with Crippen LogP contribution < -0.4 is 10.9 Å². The summed E-state index contributed by atoms with van der Waals surface area (Å²) in [4.78, 5) is 33.4. The number of fused-ring (bicyclic) bond motifs is 1. The van der Waals surface area contributed by atoms with Crippen LogP contribution in [0.15, 0.2) is 69.8 Å². The van der Waals surface area contributed by atoms with E-state index in [0.29, 0.717) is 46.3 Å². The van der Waals surface area contributed by atoms with Crippen molar-refractivity contribution in [1.29, 1.82) is 0 Å². The fraction of sp³-hybridized carbons (Fsp3) is 0.208. The molecule has 8 heteroatoms. The van der Waals surface area contributed by atoms with Crippen molar-refractivity contribution in [3.05, 3.63) is 92.7 Å². The molecule has 6 nitrogen and oxygen atoms in total. The predicted octanol–water partition coefficient (Wildman–Crippen LogP) is 4.47. The van der Waals surface area contributed by atoms with Crippen molar-refractivity contribution < 1.29 is 14.3 Å². The Kier molecular flexibility index (Phi) is 5.30. The van der Waals surface area contributed by atoms with E-state index in [1.807, 2.05) is 0 Å². The Morgan fingerprint density at radius 2 is 1.88 bits per heavy atom. The highest BCUT2D eigenvalue weighted by Gasteiger charge is 2.37. The molecule has 2 aliphatic rings. The van der Waals surface area contributed by atoms with Crippen molar-refractivity contribution in [3.63, 3.8) is 0 Å². The molecule has 0 unspecified atom stereocenters. The van der Waals surface area contributed by atoms with Crippen molar-refractivity contribution >= 4 is 23.4 Å². The lowest BCUT2D eigenvalue weighted by atomic mass is 9.76. The maximum absolute atomic E-state index is 14.0. The molecule has 162 valence electrons. The van der Waals surface area contributed by atoms with Crippen LogP contribution in [0.2, 0.25) is 0 Å². The van der Waals surface area contributed by atoms with Gasteiger partial charge in [0.05, 0.1) is 5.56 Å². The number of carbonyl (C=O) groups is 1. The fourth-order valence-electron chi connectivity index (χ4n) is 4.27. The Morgan fingerprint density at radius 1 is 1.09 bits per heavy atom. The minimum Gasteiger partial charge on any atom is -0.508 e. The van der Waals surface area contributed by atoms with Crippen LogP contribution in [0.25, 0.3) is 0 Å². The Balaban J connectivity index is 1.56. The van der Waals surface area contributed by atoms with Gasteiger partial charge >= 0.3 is 0 Å². The zero-order valence-corrected chi connectivity index (χ0v) is 17.8. The van der Waals surface area contributed by atoms with E-state index >= 15 is 0 Å². The lowest BCUT2D eigenvalue weighted by Gasteiger charge is -2.32. The second-order valence-electron chi connectivity index (χ2n) is 7.83. The number of hydrogen-bond acceptors (Lipinski definition) is 6. The number of rotatable bonds is 4. The number of phenolic OH excluding ortho intramolecular Hbond substituents is 1. The Bertz CT molecular complexity index is 1300. The molecular formula is C24H20FN3O3S. The Hall–Kier alpha value is -3.39. The molecule has 5 rings (SSSR count). The summed E-state index contributed by atoms with van der Waals surface area (Å²) in [6.45, 7) is 0. The number of nitrogens with zero attached hydrogens (tertiary/aromatic N) is 1. The van der Waals surface area contributed by atoms with Crippen LogP contribution in [0.5, 0.6) is 5.75 Å². The molecule has 3 N–H and O–H groups in total. The van der Waals surface area contributed by atoms with Gasteiger partial charge in [0.15, 0.2) is 10.9 Å². The van der Waals surface area contributed by atoms with Gasteiger partial charge in [0.2, 0.25) is 0 Å². The lowest BCUT2D eigenvalue weighted by Crippen LogP contribution is -2.32. The first kappa shape index (κ1) is 20.5. The molecule has 2 aromatic carbocycles. The van der Waals surface area contributed by atoms with E-state index in [-0.39, 0.29) is 22.9 Å². The molecule has 0 saturated carbocycles. The van der Waals surface area contributed by atoms with Crippen LogP contribution in [0, 0.1) is 5.82 Å². The number of nitrogens with one attached hydrogen (secondary N) is 2. The number of H-pyrrole nitrogens is 1. The van der Waals surface area contributed by atoms with Gasteiger partial charge in [0, 0.05) is 29.4 Å². The topological polar surface area (TPSA) is 95.1 Å². The van der Waals surface area contributed by atoms with Gasteiger partial charge in [0.25, 0.3) is 5.56 Å². The molecule has 0 bridgehead atoms. The Labute approximate surface area is 187 Å². The number of halogens is 1. The molecule has 0 radical (unpaired) electrons. The highest BCUT2D eigenvalue weighted by Crippen LogP contribution is 2.43. The average molecular weight is 450 g/mol. The van der Waals surface area contributed by atoms with Crippen molar-refractivity contribution in [2.24, 2.45) is 0 Å². The normalized spacial score (nSPS) is 17.5. The monoisotopic (exact) mass is 449 g/mol. The SMILES string of the molecule is O=C1CCCC2=C1[C@@H](c1ccc(O)cc1)c1c(nc(SCc3ccccc3F)[nH]c1=O)N2. The largest absolute Gasteiger partial charge is 0.508 e. The van der Waals surface area contributed by atoms with Gasteiger partial charge in [-0.05, 0) is 42.2 Å². The molecule has 2 heterocycles. The van der Waals surface area contributed by atoms with Gasteiger partial charge in [0.1, 0.15) is 17.4 Å². The van der Waals surface area contributed by atoms with Crippen molar-refractivity contribution in [3.8, 4) is 5.75 Å². The number of hydrogen-bond donors (Lipinski definition) is 3. The molecule has 1 aromatic heterocycles. The summed E-state index contributed by atoms with van der Waals surface area (Å²) >= 11 is 1.24. The van der Waals surface area contributed by atoms with Crippen LogP contribution in [0.3, 0.4) is 0 Å². The smallest absolute Gasteiger partial charge is 0.257 e. The number of benzene rings is 2. The summed E-state index contributed by atoms with van der Waals surface area (Å²) in [6.07, 6.45) is 1.87. The number of aromatic nitrogens is 2. The average Bonchev–Trinajstić information content (AvgIpc) is 2.78. The number of aromatic amines is 1. The molecular weight excluding hydrogens is 429 g/mol. The molecule has 3 aromatic rings. The first-order valence-corrected chi connectivity index (χ1v) is 11.3. The molecule has 32 heavy (non-hydrogen) atoms. The quantitative estimate of drug-likeness (QED) is 0.402. The fourth-order valence-corrected chi connectivity index (χ4v) is 5.12. The van der Waals surface area contributed by atoms with Crippen LogP contribution >= 0.6 is 11.8 Å². The zero-order chi connectivity index (χ0) is 22.2. The van der Waals surface area contributed by atoms with Crippen LogP contribution in [0.4, 0.5) is 10.2 Å². The zero-order valence-electron chi connectivity index (χ0n) is 17.0. The summed E-state index contributed by atoms with van der Waals surface area (Å²) < 4.78 is 14.0. The summed E-state index contributed by atoms with van der Waals surface area (Å²) in [5.74, 6) is -0.00422. The van der Waals surface area contributed by atoms with E-state index in [4.69, 9.17) is 0 Å². The van der Waals surface area contributed by atoms with Crippen molar-refractivity contribution in [2.45, 2.75) is 36.1 Å². The molecule has 0 spiro atoms. The third-order valence-corrected chi connectivity index (χ3v) is 6.71. The van der Waals surface area contributed by atoms with Crippen molar-refractivity contribution in [1.82, 2.24) is 9.97 Å². The highest BCUT2D eigenvalue weighted by atomic mass is 32.2. The van der Waals surface area contributed by atoms with Crippen molar-refractivity contribution in [2.75, 3.05) is 5.32 Å². The minimum absolute atomic E-state index is 0.0138. The lowest BCUT2D eigenvalue weighted by molar-refractivity contribution is -0.116. The summed E-state index contributed by atoms with van der Waals surface area (Å²) in [5.41, 5.74) is 2.67. The van der Waals surface area contributed by atoms with Crippen LogP contribution in [-0.2, 0) is 10.5 Å². The number of anilines is 1. The predicted molar refractivity (Wildman–Crippen MR) is 120 cm³/mol. The number of aromatic hydroxyl groups is 1. The molecule has 0 amide bonds. The minimum atomic E-state index is -0.559. The maximum Gasteiger partial charge on any atom is 0.257 e. The Morgan fingerprint density at radius 3 is 2.66 bits per heavy atom. The van der Waals surface area contributed by atoms with Gasteiger partial charge in [-0.25, -0.2) is 9.37 Å². The second kappa shape index (κ2) is 8.27. The van der Waals surface area contributed by atoms with Gasteiger partial charge in [-0.2, -0.15) is 0 Å². The summed E-state index contributed by atoms with van der Waals surface area (Å²) in [5, 5.41) is 13.3. The maximum atomic E-state index is 14.0. The first-order valence-electron chi connectivity index (χ1n) is 10.3. The second-order valence-corrected chi connectivity index (χ2v) is 8.80. The van der Waals surface area contributed by atoms with E-state index < -0.39 is 5.92 Å².